The summed E-state index contributed by atoms with van der Waals surface area (Å²) in [5, 5.41) is 0. The highest BCUT2D eigenvalue weighted by atomic mass is 16.5. The van der Waals surface area contributed by atoms with Gasteiger partial charge in [-0.15, -0.1) is 0 Å². The number of carbonyl (C=O) groups is 1. The molecule has 4 heteroatoms. The predicted octanol–water partition coefficient (Wildman–Crippen LogP) is 4.30. The third-order valence-electron chi connectivity index (χ3n) is 3.84. The van der Waals surface area contributed by atoms with Gasteiger partial charge in [0, 0.05) is 5.69 Å². The second kappa shape index (κ2) is 7.53. The van der Waals surface area contributed by atoms with Crippen LogP contribution in [0.3, 0.4) is 0 Å². The summed E-state index contributed by atoms with van der Waals surface area (Å²) in [6.07, 6.45) is 0. The number of hydrogen-bond acceptors (Lipinski definition) is 4. The van der Waals surface area contributed by atoms with Crippen molar-refractivity contribution in [1.82, 2.24) is 0 Å². The fourth-order valence-electron chi connectivity index (χ4n) is 2.58. The molecule has 2 N–H and O–H groups in total. The van der Waals surface area contributed by atoms with Crippen LogP contribution in [0.4, 0.5) is 5.69 Å². The summed E-state index contributed by atoms with van der Waals surface area (Å²) in [4.78, 5) is 12.0. The van der Waals surface area contributed by atoms with E-state index >= 15 is 0 Å². The number of esters is 1. The third kappa shape index (κ3) is 3.98. The zero-order valence-electron chi connectivity index (χ0n) is 13.9. The molecule has 0 heterocycles. The van der Waals surface area contributed by atoms with Crippen molar-refractivity contribution >= 4 is 11.7 Å². The fraction of sp³-hybridized carbons (Fsp3) is 0.0952. The van der Waals surface area contributed by atoms with Crippen LogP contribution >= 0.6 is 0 Å². The van der Waals surface area contributed by atoms with Gasteiger partial charge in [0.05, 0.1) is 12.7 Å². The highest BCUT2D eigenvalue weighted by Gasteiger charge is 2.14. The fourth-order valence-corrected chi connectivity index (χ4v) is 2.58. The van der Waals surface area contributed by atoms with Gasteiger partial charge in [0.2, 0.25) is 0 Å². The highest BCUT2D eigenvalue weighted by molar-refractivity contribution is 5.98. The molecular weight excluding hydrogens is 314 g/mol. The maximum Gasteiger partial charge on any atom is 0.338 e. The molecule has 3 aromatic rings. The summed E-state index contributed by atoms with van der Waals surface area (Å²) >= 11 is 0. The first kappa shape index (κ1) is 16.6. The third-order valence-corrected chi connectivity index (χ3v) is 3.84. The molecule has 4 nitrogen and oxygen atoms in total. The number of anilines is 1. The van der Waals surface area contributed by atoms with Crippen LogP contribution < -0.4 is 10.5 Å². The smallest absolute Gasteiger partial charge is 0.338 e. The molecular formula is C21H19NO3. The van der Waals surface area contributed by atoms with Gasteiger partial charge in [-0.2, -0.15) is 0 Å². The van der Waals surface area contributed by atoms with Crippen molar-refractivity contribution in [3.05, 3.63) is 83.9 Å². The van der Waals surface area contributed by atoms with E-state index in [1.54, 1.807) is 18.2 Å². The van der Waals surface area contributed by atoms with Gasteiger partial charge in [0.15, 0.2) is 0 Å². The Morgan fingerprint density at radius 3 is 2.52 bits per heavy atom. The largest absolute Gasteiger partial charge is 0.489 e. The van der Waals surface area contributed by atoms with Gasteiger partial charge in [-0.1, -0.05) is 42.5 Å². The SMILES string of the molecule is COC(=O)c1ccc(N)cc1-c1cccc(OCc2ccccc2)c1. The van der Waals surface area contributed by atoms with Crippen LogP contribution in [0.15, 0.2) is 72.8 Å². The Hall–Kier alpha value is -3.27. The van der Waals surface area contributed by atoms with Crippen LogP contribution in [-0.2, 0) is 11.3 Å². The maximum absolute atomic E-state index is 12.0. The van der Waals surface area contributed by atoms with E-state index in [-0.39, 0.29) is 0 Å². The molecule has 3 aromatic carbocycles. The Morgan fingerprint density at radius 1 is 0.960 bits per heavy atom. The first-order valence-electron chi connectivity index (χ1n) is 7.92. The van der Waals surface area contributed by atoms with Crippen molar-refractivity contribution < 1.29 is 14.3 Å². The second-order valence-electron chi connectivity index (χ2n) is 5.60. The van der Waals surface area contributed by atoms with Gasteiger partial charge in [-0.3, -0.25) is 0 Å². The van der Waals surface area contributed by atoms with Gasteiger partial charge in [-0.05, 0) is 47.0 Å². The van der Waals surface area contributed by atoms with Crippen LogP contribution in [-0.4, -0.2) is 13.1 Å². The topological polar surface area (TPSA) is 61.5 Å². The second-order valence-corrected chi connectivity index (χ2v) is 5.60. The molecule has 0 bridgehead atoms. The lowest BCUT2D eigenvalue weighted by Crippen LogP contribution is -2.04. The number of carbonyl (C=O) groups excluding carboxylic acids is 1. The maximum atomic E-state index is 12.0. The molecule has 0 saturated carbocycles. The zero-order valence-corrected chi connectivity index (χ0v) is 13.9. The van der Waals surface area contributed by atoms with E-state index in [9.17, 15) is 4.79 Å². The van der Waals surface area contributed by atoms with Gasteiger partial charge < -0.3 is 15.2 Å². The van der Waals surface area contributed by atoms with E-state index in [1.165, 1.54) is 7.11 Å². The molecule has 0 saturated heterocycles. The van der Waals surface area contributed by atoms with Crippen molar-refractivity contribution in [2.24, 2.45) is 0 Å². The van der Waals surface area contributed by atoms with Crippen LogP contribution in [0.25, 0.3) is 11.1 Å². The number of hydrogen-bond donors (Lipinski definition) is 1. The summed E-state index contributed by atoms with van der Waals surface area (Å²) in [7, 11) is 1.36. The summed E-state index contributed by atoms with van der Waals surface area (Å²) in [6.45, 7) is 0.477. The molecule has 0 amide bonds. The lowest BCUT2D eigenvalue weighted by molar-refractivity contribution is 0.0601. The number of rotatable bonds is 5. The van der Waals surface area contributed by atoms with Gasteiger partial charge >= 0.3 is 5.97 Å². The van der Waals surface area contributed by atoms with E-state index in [0.29, 0.717) is 17.9 Å². The molecule has 0 aromatic heterocycles. The van der Waals surface area contributed by atoms with Gasteiger partial charge in [-0.25, -0.2) is 4.79 Å². The molecule has 126 valence electrons. The summed E-state index contributed by atoms with van der Waals surface area (Å²) < 4.78 is 10.7. The summed E-state index contributed by atoms with van der Waals surface area (Å²) in [5.74, 6) is 0.324. The van der Waals surface area contributed by atoms with E-state index in [2.05, 4.69) is 0 Å². The van der Waals surface area contributed by atoms with Crippen molar-refractivity contribution in [3.8, 4) is 16.9 Å². The van der Waals surface area contributed by atoms with Crippen molar-refractivity contribution in [3.63, 3.8) is 0 Å². The number of ether oxygens (including phenoxy) is 2. The number of nitrogens with two attached hydrogens (primary N) is 1. The molecule has 3 rings (SSSR count). The zero-order chi connectivity index (χ0) is 17.6. The quantitative estimate of drug-likeness (QED) is 0.558. The molecule has 0 radical (unpaired) electrons. The van der Waals surface area contributed by atoms with E-state index in [4.69, 9.17) is 15.2 Å². The van der Waals surface area contributed by atoms with E-state index < -0.39 is 5.97 Å². The van der Waals surface area contributed by atoms with Crippen molar-refractivity contribution in [2.45, 2.75) is 6.61 Å². The Morgan fingerprint density at radius 2 is 1.76 bits per heavy atom. The van der Waals surface area contributed by atoms with E-state index in [1.807, 2.05) is 54.6 Å². The van der Waals surface area contributed by atoms with Crippen LogP contribution in [0.2, 0.25) is 0 Å². The van der Waals surface area contributed by atoms with Crippen LogP contribution in [0, 0.1) is 0 Å². The predicted molar refractivity (Wildman–Crippen MR) is 98.4 cm³/mol. The first-order valence-corrected chi connectivity index (χ1v) is 7.92. The van der Waals surface area contributed by atoms with Gasteiger partial charge in [0.25, 0.3) is 0 Å². The molecule has 0 spiro atoms. The molecule has 25 heavy (non-hydrogen) atoms. The number of methoxy groups -OCH3 is 1. The highest BCUT2D eigenvalue weighted by Crippen LogP contribution is 2.29. The van der Waals surface area contributed by atoms with Crippen LogP contribution in [0.5, 0.6) is 5.75 Å². The molecule has 0 aliphatic carbocycles. The minimum atomic E-state index is -0.398. The Labute approximate surface area is 146 Å². The Balaban J connectivity index is 1.89. The normalized spacial score (nSPS) is 10.3. The minimum Gasteiger partial charge on any atom is -0.489 e. The number of nitrogen functional groups attached to an aromatic ring is 1. The standard InChI is InChI=1S/C21H19NO3/c1-24-21(23)19-11-10-17(22)13-20(19)16-8-5-9-18(12-16)25-14-15-6-3-2-4-7-15/h2-13H,14,22H2,1H3. The average molecular weight is 333 g/mol. The van der Waals surface area contributed by atoms with Crippen molar-refractivity contribution in [1.29, 1.82) is 0 Å². The monoisotopic (exact) mass is 333 g/mol. The van der Waals surface area contributed by atoms with Crippen LogP contribution in [0.1, 0.15) is 15.9 Å². The molecule has 0 unspecified atom stereocenters. The first-order chi connectivity index (χ1) is 12.2. The molecule has 0 aliphatic rings. The minimum absolute atomic E-state index is 0.398. The van der Waals surface area contributed by atoms with E-state index in [0.717, 1.165) is 22.4 Å². The van der Waals surface area contributed by atoms with Crippen molar-refractivity contribution in [2.75, 3.05) is 12.8 Å². The molecule has 0 atom stereocenters. The number of benzene rings is 3. The Bertz CT molecular complexity index is 875. The summed E-state index contributed by atoms with van der Waals surface area (Å²) in [5.41, 5.74) is 9.60. The molecule has 0 aliphatic heterocycles. The summed E-state index contributed by atoms with van der Waals surface area (Å²) in [6, 6.07) is 22.7. The lowest BCUT2D eigenvalue weighted by atomic mass is 9.99. The average Bonchev–Trinajstić information content (AvgIpc) is 2.67. The molecule has 0 fully saturated rings. The Kier molecular flexibility index (Phi) is 5.00. The lowest BCUT2D eigenvalue weighted by Gasteiger charge is -2.12. The van der Waals surface area contributed by atoms with Gasteiger partial charge in [0.1, 0.15) is 12.4 Å².